The third-order valence-electron chi connectivity index (χ3n) is 2.85. The van der Waals surface area contributed by atoms with Gasteiger partial charge in [0.05, 0.1) is 5.52 Å². The van der Waals surface area contributed by atoms with Gasteiger partial charge in [0, 0.05) is 22.8 Å². The minimum atomic E-state index is 0.574. The van der Waals surface area contributed by atoms with E-state index in [1.807, 2.05) is 6.07 Å². The first-order chi connectivity index (χ1) is 7.40. The lowest BCUT2D eigenvalue weighted by atomic mass is 10.1. The first-order valence-corrected chi connectivity index (χ1v) is 5.08. The van der Waals surface area contributed by atoms with E-state index in [1.165, 1.54) is 27.4 Å². The highest BCUT2D eigenvalue weighted by Gasteiger charge is 2.05. The molecule has 1 aromatic heterocycles. The van der Waals surface area contributed by atoms with Gasteiger partial charge in [-0.2, -0.15) is 0 Å². The van der Waals surface area contributed by atoms with E-state index in [2.05, 4.69) is 41.4 Å². The second-order valence-electron chi connectivity index (χ2n) is 3.71. The molecule has 3 N–H and O–H groups in total. The standard InChI is InChI=1S/C13H12N2/c14-8-9-4-3-6-11-10-5-1-2-7-12(10)15-13(9)11/h1-7,15H,8,14H2. The van der Waals surface area contributed by atoms with Crippen molar-refractivity contribution in [1.82, 2.24) is 4.98 Å². The highest BCUT2D eigenvalue weighted by Crippen LogP contribution is 2.26. The Morgan fingerprint density at radius 2 is 1.73 bits per heavy atom. The van der Waals surface area contributed by atoms with Crippen molar-refractivity contribution >= 4 is 21.8 Å². The molecule has 0 aliphatic rings. The Balaban J connectivity index is 2.53. The number of aromatic amines is 1. The van der Waals surface area contributed by atoms with Gasteiger partial charge < -0.3 is 10.7 Å². The number of hydrogen-bond acceptors (Lipinski definition) is 1. The lowest BCUT2D eigenvalue weighted by Crippen LogP contribution is -1.96. The van der Waals surface area contributed by atoms with Crippen LogP contribution >= 0.6 is 0 Å². The Morgan fingerprint density at radius 1 is 0.933 bits per heavy atom. The zero-order valence-electron chi connectivity index (χ0n) is 8.33. The number of H-pyrrole nitrogens is 1. The maximum absolute atomic E-state index is 5.72. The van der Waals surface area contributed by atoms with Crippen molar-refractivity contribution in [2.45, 2.75) is 6.54 Å². The molecule has 0 bridgehead atoms. The van der Waals surface area contributed by atoms with Crippen molar-refractivity contribution in [3.8, 4) is 0 Å². The van der Waals surface area contributed by atoms with Gasteiger partial charge in [0.15, 0.2) is 0 Å². The molecule has 0 aliphatic heterocycles. The molecular formula is C13H12N2. The number of aromatic nitrogens is 1. The maximum Gasteiger partial charge on any atom is 0.0510 e. The monoisotopic (exact) mass is 196 g/mol. The maximum atomic E-state index is 5.72. The molecule has 0 atom stereocenters. The Hall–Kier alpha value is -1.80. The molecule has 0 saturated carbocycles. The number of para-hydroxylation sites is 2. The minimum absolute atomic E-state index is 0.574. The summed E-state index contributed by atoms with van der Waals surface area (Å²) in [6.45, 7) is 0.574. The molecule has 0 spiro atoms. The Bertz CT molecular complexity index is 623. The largest absolute Gasteiger partial charge is 0.354 e. The second kappa shape index (κ2) is 3.11. The molecule has 0 aliphatic carbocycles. The van der Waals surface area contributed by atoms with E-state index < -0.39 is 0 Å². The van der Waals surface area contributed by atoms with Crippen LogP contribution in [-0.2, 0) is 6.54 Å². The van der Waals surface area contributed by atoms with E-state index in [4.69, 9.17) is 5.73 Å². The van der Waals surface area contributed by atoms with Crippen LogP contribution in [0.1, 0.15) is 5.56 Å². The summed E-state index contributed by atoms with van der Waals surface area (Å²) in [6, 6.07) is 14.6. The van der Waals surface area contributed by atoms with Crippen molar-refractivity contribution in [3.05, 3.63) is 48.0 Å². The van der Waals surface area contributed by atoms with Gasteiger partial charge in [-0.1, -0.05) is 36.4 Å². The summed E-state index contributed by atoms with van der Waals surface area (Å²) >= 11 is 0. The van der Waals surface area contributed by atoms with Crippen LogP contribution in [0.5, 0.6) is 0 Å². The van der Waals surface area contributed by atoms with Crippen LogP contribution in [0.4, 0.5) is 0 Å². The van der Waals surface area contributed by atoms with Crippen molar-refractivity contribution < 1.29 is 0 Å². The molecule has 0 unspecified atom stereocenters. The molecule has 0 fully saturated rings. The molecule has 3 aromatic rings. The van der Waals surface area contributed by atoms with Crippen molar-refractivity contribution in [2.24, 2.45) is 5.73 Å². The number of rotatable bonds is 1. The van der Waals surface area contributed by atoms with E-state index in [0.717, 1.165) is 0 Å². The summed E-state index contributed by atoms with van der Waals surface area (Å²) in [6.07, 6.45) is 0. The SMILES string of the molecule is NCc1cccc2c1[nH]c1ccccc12. The Morgan fingerprint density at radius 3 is 2.60 bits per heavy atom. The molecule has 15 heavy (non-hydrogen) atoms. The van der Waals surface area contributed by atoms with Gasteiger partial charge in [-0.15, -0.1) is 0 Å². The molecule has 1 heterocycles. The fraction of sp³-hybridized carbons (Fsp3) is 0.0769. The van der Waals surface area contributed by atoms with Gasteiger partial charge in [-0.25, -0.2) is 0 Å². The zero-order valence-corrected chi connectivity index (χ0v) is 8.33. The van der Waals surface area contributed by atoms with Gasteiger partial charge in [0.25, 0.3) is 0 Å². The van der Waals surface area contributed by atoms with Gasteiger partial charge in [-0.05, 0) is 11.6 Å². The van der Waals surface area contributed by atoms with Crippen molar-refractivity contribution in [1.29, 1.82) is 0 Å². The minimum Gasteiger partial charge on any atom is -0.354 e. The van der Waals surface area contributed by atoms with Crippen molar-refractivity contribution in [3.63, 3.8) is 0 Å². The highest BCUT2D eigenvalue weighted by atomic mass is 14.7. The molecule has 2 aromatic carbocycles. The van der Waals surface area contributed by atoms with E-state index >= 15 is 0 Å². The van der Waals surface area contributed by atoms with Gasteiger partial charge in [0.1, 0.15) is 0 Å². The van der Waals surface area contributed by atoms with Gasteiger partial charge in [0.2, 0.25) is 0 Å². The Kier molecular flexibility index (Phi) is 1.76. The van der Waals surface area contributed by atoms with Crippen LogP contribution < -0.4 is 5.73 Å². The number of hydrogen-bond donors (Lipinski definition) is 2. The number of benzene rings is 2. The third-order valence-corrected chi connectivity index (χ3v) is 2.85. The van der Waals surface area contributed by atoms with E-state index in [-0.39, 0.29) is 0 Å². The average Bonchev–Trinajstić information content (AvgIpc) is 2.67. The van der Waals surface area contributed by atoms with Crippen LogP contribution in [0, 0.1) is 0 Å². The van der Waals surface area contributed by atoms with E-state index in [1.54, 1.807) is 0 Å². The predicted octanol–water partition coefficient (Wildman–Crippen LogP) is 2.78. The normalized spacial score (nSPS) is 11.3. The fourth-order valence-electron chi connectivity index (χ4n) is 2.10. The molecular weight excluding hydrogens is 184 g/mol. The summed E-state index contributed by atoms with van der Waals surface area (Å²) in [5.74, 6) is 0. The summed E-state index contributed by atoms with van der Waals surface area (Å²) in [5.41, 5.74) is 9.23. The topological polar surface area (TPSA) is 41.8 Å². The van der Waals surface area contributed by atoms with Crippen LogP contribution in [0.25, 0.3) is 21.8 Å². The molecule has 0 amide bonds. The Labute approximate surface area is 87.7 Å². The molecule has 74 valence electrons. The third kappa shape index (κ3) is 1.15. The number of nitrogens with two attached hydrogens (primary N) is 1. The molecule has 3 rings (SSSR count). The first kappa shape index (κ1) is 8.50. The lowest BCUT2D eigenvalue weighted by Gasteiger charge is -1.97. The van der Waals surface area contributed by atoms with Gasteiger partial charge in [-0.3, -0.25) is 0 Å². The average molecular weight is 196 g/mol. The lowest BCUT2D eigenvalue weighted by molar-refractivity contribution is 1.08. The molecule has 0 saturated heterocycles. The van der Waals surface area contributed by atoms with Crippen molar-refractivity contribution in [2.75, 3.05) is 0 Å². The van der Waals surface area contributed by atoms with E-state index in [9.17, 15) is 0 Å². The van der Waals surface area contributed by atoms with Crippen LogP contribution in [0.3, 0.4) is 0 Å². The van der Waals surface area contributed by atoms with Crippen LogP contribution in [0.15, 0.2) is 42.5 Å². The molecule has 2 nitrogen and oxygen atoms in total. The molecule has 2 heteroatoms. The first-order valence-electron chi connectivity index (χ1n) is 5.08. The van der Waals surface area contributed by atoms with Gasteiger partial charge >= 0.3 is 0 Å². The highest BCUT2D eigenvalue weighted by molar-refractivity contribution is 6.08. The van der Waals surface area contributed by atoms with Crippen LogP contribution in [-0.4, -0.2) is 4.98 Å². The van der Waals surface area contributed by atoms with Crippen LogP contribution in [0.2, 0.25) is 0 Å². The predicted molar refractivity (Wildman–Crippen MR) is 63.7 cm³/mol. The number of fused-ring (bicyclic) bond motifs is 3. The second-order valence-corrected chi connectivity index (χ2v) is 3.71. The number of nitrogens with one attached hydrogen (secondary N) is 1. The molecule has 0 radical (unpaired) electrons. The summed E-state index contributed by atoms with van der Waals surface area (Å²) in [7, 11) is 0. The quantitative estimate of drug-likeness (QED) is 0.617. The van der Waals surface area contributed by atoms with E-state index in [0.29, 0.717) is 6.54 Å². The summed E-state index contributed by atoms with van der Waals surface area (Å²) in [4.78, 5) is 3.42. The summed E-state index contributed by atoms with van der Waals surface area (Å²) < 4.78 is 0. The smallest absolute Gasteiger partial charge is 0.0510 e. The summed E-state index contributed by atoms with van der Waals surface area (Å²) in [5, 5.41) is 2.52. The fourth-order valence-corrected chi connectivity index (χ4v) is 2.10. The zero-order chi connectivity index (χ0) is 10.3.